The SMILES string of the molecule is Oc1ccc2c(c1)OC[C@H](c1ccccc1)[C@H]2c1ccc(OCCCCCCN2CCCC2)cc1. The third-order valence-corrected chi connectivity index (χ3v) is 7.46. The molecule has 1 fully saturated rings. The summed E-state index contributed by atoms with van der Waals surface area (Å²) < 4.78 is 12.1. The van der Waals surface area contributed by atoms with Gasteiger partial charge in [-0.15, -0.1) is 0 Å². The maximum Gasteiger partial charge on any atom is 0.126 e. The van der Waals surface area contributed by atoms with Crippen LogP contribution in [0.3, 0.4) is 0 Å². The summed E-state index contributed by atoms with van der Waals surface area (Å²) in [5.74, 6) is 2.31. The normalized spacial score (nSPS) is 19.8. The number of phenols is 1. The lowest BCUT2D eigenvalue weighted by molar-refractivity contribution is 0.247. The van der Waals surface area contributed by atoms with E-state index < -0.39 is 0 Å². The summed E-state index contributed by atoms with van der Waals surface area (Å²) in [4.78, 5) is 2.60. The van der Waals surface area contributed by atoms with E-state index in [4.69, 9.17) is 9.47 Å². The van der Waals surface area contributed by atoms with Crippen molar-refractivity contribution in [2.24, 2.45) is 0 Å². The van der Waals surface area contributed by atoms with Crippen molar-refractivity contribution in [2.75, 3.05) is 32.8 Å². The van der Waals surface area contributed by atoms with Crippen LogP contribution in [0.4, 0.5) is 0 Å². The van der Waals surface area contributed by atoms with Crippen LogP contribution in [0.1, 0.15) is 67.1 Å². The molecule has 35 heavy (non-hydrogen) atoms. The van der Waals surface area contributed by atoms with Crippen LogP contribution in [-0.4, -0.2) is 42.9 Å². The topological polar surface area (TPSA) is 41.9 Å². The number of nitrogens with zero attached hydrogens (tertiary/aromatic N) is 1. The Labute approximate surface area is 209 Å². The highest BCUT2D eigenvalue weighted by molar-refractivity contribution is 5.50. The molecular weight excluding hydrogens is 434 g/mol. The first-order chi connectivity index (χ1) is 17.3. The summed E-state index contributed by atoms with van der Waals surface area (Å²) in [5, 5.41) is 9.97. The van der Waals surface area contributed by atoms with Gasteiger partial charge < -0.3 is 19.5 Å². The molecule has 0 bridgehead atoms. The second-order valence-electron chi connectivity index (χ2n) is 9.91. The Morgan fingerprint density at radius 2 is 1.60 bits per heavy atom. The van der Waals surface area contributed by atoms with Crippen LogP contribution in [0.15, 0.2) is 72.8 Å². The molecule has 2 aliphatic rings. The Bertz CT molecular complexity index is 1060. The van der Waals surface area contributed by atoms with Gasteiger partial charge in [-0.25, -0.2) is 0 Å². The summed E-state index contributed by atoms with van der Waals surface area (Å²) in [6, 6.07) is 24.6. The smallest absolute Gasteiger partial charge is 0.126 e. The molecular formula is C31H37NO3. The molecule has 0 saturated carbocycles. The number of likely N-dealkylation sites (tertiary alicyclic amines) is 1. The van der Waals surface area contributed by atoms with Crippen molar-refractivity contribution in [3.63, 3.8) is 0 Å². The predicted molar refractivity (Wildman–Crippen MR) is 141 cm³/mol. The second kappa shape index (κ2) is 11.6. The first kappa shape index (κ1) is 23.7. The van der Waals surface area contributed by atoms with Gasteiger partial charge in [0.15, 0.2) is 0 Å². The van der Waals surface area contributed by atoms with E-state index in [-0.39, 0.29) is 17.6 Å². The monoisotopic (exact) mass is 471 g/mol. The molecule has 3 aromatic carbocycles. The molecule has 0 spiro atoms. The Hall–Kier alpha value is -2.98. The molecule has 3 aromatic rings. The number of ether oxygens (including phenoxy) is 2. The standard InChI is InChI=1S/C31H37NO3/c33-26-14-17-28-30(22-26)35-23-29(24-10-4-3-5-11-24)31(28)25-12-15-27(16-13-25)34-21-9-2-1-6-18-32-19-7-8-20-32/h3-5,10-17,22,29,31,33H,1-2,6-9,18-21,23H2/t29-,31+/m1/s1. The first-order valence-electron chi connectivity index (χ1n) is 13.2. The van der Waals surface area contributed by atoms with Gasteiger partial charge in [0, 0.05) is 23.5 Å². The maximum atomic E-state index is 9.97. The summed E-state index contributed by atoms with van der Waals surface area (Å²) in [7, 11) is 0. The number of hydrogen-bond donors (Lipinski definition) is 1. The lowest BCUT2D eigenvalue weighted by Crippen LogP contribution is -2.25. The van der Waals surface area contributed by atoms with Crippen LogP contribution >= 0.6 is 0 Å². The van der Waals surface area contributed by atoms with Gasteiger partial charge in [-0.1, -0.05) is 61.4 Å². The Morgan fingerprint density at radius 3 is 2.40 bits per heavy atom. The van der Waals surface area contributed by atoms with Crippen LogP contribution in [0, 0.1) is 0 Å². The minimum absolute atomic E-state index is 0.159. The molecule has 184 valence electrons. The number of aromatic hydroxyl groups is 1. The van der Waals surface area contributed by atoms with Crippen molar-refractivity contribution < 1.29 is 14.6 Å². The van der Waals surface area contributed by atoms with E-state index >= 15 is 0 Å². The van der Waals surface area contributed by atoms with Crippen molar-refractivity contribution in [3.8, 4) is 17.2 Å². The van der Waals surface area contributed by atoms with E-state index in [1.54, 1.807) is 12.1 Å². The summed E-state index contributed by atoms with van der Waals surface area (Å²) >= 11 is 0. The number of fused-ring (bicyclic) bond motifs is 1. The molecule has 2 aliphatic heterocycles. The molecule has 5 rings (SSSR count). The summed E-state index contributed by atoms with van der Waals surface area (Å²) in [6.07, 6.45) is 7.69. The van der Waals surface area contributed by atoms with Gasteiger partial charge in [0.05, 0.1) is 13.2 Å². The van der Waals surface area contributed by atoms with Crippen molar-refractivity contribution in [1.29, 1.82) is 0 Å². The highest BCUT2D eigenvalue weighted by atomic mass is 16.5. The Balaban J connectivity index is 1.19. The lowest BCUT2D eigenvalue weighted by Gasteiger charge is -2.34. The van der Waals surface area contributed by atoms with Crippen LogP contribution in [0.25, 0.3) is 0 Å². The third kappa shape index (κ3) is 5.99. The molecule has 0 aromatic heterocycles. The quantitative estimate of drug-likeness (QED) is 0.333. The highest BCUT2D eigenvalue weighted by Crippen LogP contribution is 2.47. The molecule has 4 heteroatoms. The third-order valence-electron chi connectivity index (χ3n) is 7.46. The number of rotatable bonds is 10. The molecule has 1 saturated heterocycles. The van der Waals surface area contributed by atoms with Gasteiger partial charge in [0.25, 0.3) is 0 Å². The lowest BCUT2D eigenvalue weighted by atomic mass is 9.76. The van der Waals surface area contributed by atoms with Gasteiger partial charge >= 0.3 is 0 Å². The fourth-order valence-electron chi connectivity index (χ4n) is 5.56. The van der Waals surface area contributed by atoms with Crippen LogP contribution < -0.4 is 9.47 Å². The molecule has 2 heterocycles. The van der Waals surface area contributed by atoms with Crippen LogP contribution in [0.2, 0.25) is 0 Å². The molecule has 0 amide bonds. The van der Waals surface area contributed by atoms with Crippen LogP contribution in [0.5, 0.6) is 17.2 Å². The predicted octanol–water partition coefficient (Wildman–Crippen LogP) is 6.74. The van der Waals surface area contributed by atoms with Crippen LogP contribution in [-0.2, 0) is 0 Å². The first-order valence-corrected chi connectivity index (χ1v) is 13.2. The largest absolute Gasteiger partial charge is 0.508 e. The van der Waals surface area contributed by atoms with E-state index in [2.05, 4.69) is 53.4 Å². The molecule has 4 nitrogen and oxygen atoms in total. The Morgan fingerprint density at radius 1 is 0.829 bits per heavy atom. The molecule has 0 radical (unpaired) electrons. The second-order valence-corrected chi connectivity index (χ2v) is 9.91. The van der Waals surface area contributed by atoms with Gasteiger partial charge in [0.1, 0.15) is 17.2 Å². The van der Waals surface area contributed by atoms with E-state index in [1.165, 1.54) is 62.9 Å². The number of hydrogen-bond acceptors (Lipinski definition) is 4. The minimum Gasteiger partial charge on any atom is -0.508 e. The summed E-state index contributed by atoms with van der Waals surface area (Å²) in [5.41, 5.74) is 3.62. The van der Waals surface area contributed by atoms with Crippen molar-refractivity contribution >= 4 is 0 Å². The van der Waals surface area contributed by atoms with E-state index in [0.29, 0.717) is 6.61 Å². The zero-order chi connectivity index (χ0) is 23.9. The number of phenolic OH excluding ortho intramolecular Hbond substituents is 1. The Kier molecular flexibility index (Phi) is 7.89. The number of benzene rings is 3. The average molecular weight is 472 g/mol. The fourth-order valence-corrected chi connectivity index (χ4v) is 5.56. The number of unbranched alkanes of at least 4 members (excludes halogenated alkanes) is 3. The zero-order valence-corrected chi connectivity index (χ0v) is 20.6. The highest BCUT2D eigenvalue weighted by Gasteiger charge is 2.33. The van der Waals surface area contributed by atoms with Gasteiger partial charge in [-0.2, -0.15) is 0 Å². The van der Waals surface area contributed by atoms with Crippen molar-refractivity contribution in [3.05, 3.63) is 89.5 Å². The zero-order valence-electron chi connectivity index (χ0n) is 20.6. The van der Waals surface area contributed by atoms with E-state index in [9.17, 15) is 5.11 Å². The fraction of sp³-hybridized carbons (Fsp3) is 0.419. The molecule has 2 atom stereocenters. The maximum absolute atomic E-state index is 9.97. The van der Waals surface area contributed by atoms with Crippen molar-refractivity contribution in [1.82, 2.24) is 4.90 Å². The van der Waals surface area contributed by atoms with Gasteiger partial charge in [-0.05, 0) is 74.6 Å². The summed E-state index contributed by atoms with van der Waals surface area (Å²) in [6.45, 7) is 5.22. The van der Waals surface area contributed by atoms with Gasteiger partial charge in [-0.3, -0.25) is 0 Å². The molecule has 0 unspecified atom stereocenters. The molecule has 1 N–H and O–H groups in total. The minimum atomic E-state index is 0.159. The van der Waals surface area contributed by atoms with E-state index in [1.807, 2.05) is 12.1 Å². The van der Waals surface area contributed by atoms with E-state index in [0.717, 1.165) is 30.1 Å². The molecule has 0 aliphatic carbocycles. The van der Waals surface area contributed by atoms with Crippen molar-refractivity contribution in [2.45, 2.75) is 50.4 Å². The van der Waals surface area contributed by atoms with Gasteiger partial charge in [0.2, 0.25) is 0 Å². The average Bonchev–Trinajstić information content (AvgIpc) is 3.42.